The van der Waals surface area contributed by atoms with E-state index in [4.69, 9.17) is 9.47 Å². The van der Waals surface area contributed by atoms with E-state index in [-0.39, 0.29) is 11.9 Å². The summed E-state index contributed by atoms with van der Waals surface area (Å²) in [5.74, 6) is 1.60. The molecule has 6 nitrogen and oxygen atoms in total. The number of unbranched alkanes of at least 4 members (excludes halogenated alkanes) is 2. The molecule has 0 saturated heterocycles. The topological polar surface area (TPSA) is 78.4 Å². The van der Waals surface area contributed by atoms with E-state index >= 15 is 0 Å². The minimum atomic E-state index is -0.423. The van der Waals surface area contributed by atoms with Crippen molar-refractivity contribution in [2.45, 2.75) is 76.3 Å². The van der Waals surface area contributed by atoms with Crippen molar-refractivity contribution < 1.29 is 19.1 Å². The first-order valence-corrected chi connectivity index (χ1v) is 12.4. The molecule has 0 bridgehead atoms. The van der Waals surface area contributed by atoms with Crippen LogP contribution in [-0.2, 0) is 19.1 Å². The molecule has 0 atom stereocenters. The van der Waals surface area contributed by atoms with Crippen molar-refractivity contribution in [2.75, 3.05) is 25.7 Å². The van der Waals surface area contributed by atoms with Gasteiger partial charge in [0.25, 0.3) is 0 Å². The van der Waals surface area contributed by atoms with E-state index in [9.17, 15) is 9.59 Å². The zero-order valence-electron chi connectivity index (χ0n) is 19.2. The fourth-order valence-corrected chi connectivity index (χ4v) is 4.55. The van der Waals surface area contributed by atoms with Gasteiger partial charge in [0.2, 0.25) is 0 Å². The minimum absolute atomic E-state index is 0.152. The van der Waals surface area contributed by atoms with Crippen LogP contribution < -0.4 is 0 Å². The number of rotatable bonds is 14. The monoisotopic (exact) mass is 456 g/mol. The van der Waals surface area contributed by atoms with Crippen LogP contribution in [0.5, 0.6) is 0 Å². The number of methoxy groups -OCH3 is 2. The quantitative estimate of drug-likeness (QED) is 0.209. The number of hydrogen-bond donors (Lipinski definition) is 0. The number of nitrogens with zero attached hydrogens (tertiary/aromatic N) is 2. The van der Waals surface area contributed by atoms with Gasteiger partial charge in [-0.1, -0.05) is 12.8 Å². The van der Waals surface area contributed by atoms with Gasteiger partial charge < -0.3 is 9.47 Å². The summed E-state index contributed by atoms with van der Waals surface area (Å²) >= 11 is 3.38. The van der Waals surface area contributed by atoms with Crippen molar-refractivity contribution in [1.82, 2.24) is 10.2 Å². The Morgan fingerprint density at radius 3 is 1.43 bits per heavy atom. The van der Waals surface area contributed by atoms with E-state index in [1.807, 2.05) is 39.8 Å². The van der Waals surface area contributed by atoms with Gasteiger partial charge in [0.1, 0.15) is 10.1 Å². The lowest BCUT2D eigenvalue weighted by Gasteiger charge is -2.20. The summed E-state index contributed by atoms with van der Waals surface area (Å²) in [6.45, 7) is 7.70. The van der Waals surface area contributed by atoms with Gasteiger partial charge in [-0.2, -0.15) is 0 Å². The first-order chi connectivity index (χ1) is 14.1. The second kappa shape index (κ2) is 13.2. The van der Waals surface area contributed by atoms with Gasteiger partial charge in [0, 0.05) is 0 Å². The van der Waals surface area contributed by atoms with Crippen LogP contribution in [0.15, 0.2) is 22.2 Å². The van der Waals surface area contributed by atoms with Crippen LogP contribution >= 0.6 is 23.5 Å². The highest BCUT2D eigenvalue weighted by Gasteiger charge is 2.28. The third kappa shape index (κ3) is 9.69. The molecule has 0 radical (unpaired) electrons. The minimum Gasteiger partial charge on any atom is -0.469 e. The predicted molar refractivity (Wildman–Crippen MR) is 123 cm³/mol. The van der Waals surface area contributed by atoms with E-state index < -0.39 is 10.8 Å². The lowest BCUT2D eigenvalue weighted by atomic mass is 9.87. The fraction of sp³-hybridized carbons (Fsp3) is 0.727. The number of hydrogen-bond acceptors (Lipinski definition) is 8. The first-order valence-electron chi connectivity index (χ1n) is 10.4. The van der Waals surface area contributed by atoms with E-state index in [0.717, 1.165) is 60.1 Å². The zero-order valence-corrected chi connectivity index (χ0v) is 20.8. The van der Waals surface area contributed by atoms with Crippen molar-refractivity contribution in [2.24, 2.45) is 10.8 Å². The molecule has 0 aromatic carbocycles. The Bertz CT molecular complexity index is 607. The average Bonchev–Trinajstić information content (AvgIpc) is 2.72. The van der Waals surface area contributed by atoms with Crippen molar-refractivity contribution in [1.29, 1.82) is 0 Å². The Balaban J connectivity index is 2.21. The Labute approximate surface area is 189 Å². The molecule has 0 N–H and O–H groups in total. The van der Waals surface area contributed by atoms with Crippen LogP contribution in [0.1, 0.15) is 66.2 Å². The second-order valence-electron chi connectivity index (χ2n) is 8.57. The summed E-state index contributed by atoms with van der Waals surface area (Å²) in [6, 6.07) is 4.03. The van der Waals surface area contributed by atoms with Gasteiger partial charge in [-0.3, -0.25) is 9.59 Å². The molecule has 0 aliphatic rings. The van der Waals surface area contributed by atoms with E-state index in [1.54, 1.807) is 23.5 Å². The Hall–Kier alpha value is -1.28. The standard InChI is InChI=1S/C22H36N2O4S2/c1-21(2,19(25)27-5)13-7-9-15-29-17-11-12-18(24-23-17)30-16-10-8-14-22(3,4)20(26)28-6/h11-12H,7-10,13-16H2,1-6H3. The molecular formula is C22H36N2O4S2. The number of carbonyl (C=O) groups is 2. The van der Waals surface area contributed by atoms with Crippen LogP contribution in [0.25, 0.3) is 0 Å². The van der Waals surface area contributed by atoms with E-state index in [0.29, 0.717) is 0 Å². The SMILES string of the molecule is COC(=O)C(C)(C)CCCCSc1ccc(SCCCCC(C)(C)C(=O)OC)nn1. The summed E-state index contributed by atoms with van der Waals surface area (Å²) in [5, 5.41) is 10.4. The summed E-state index contributed by atoms with van der Waals surface area (Å²) < 4.78 is 9.68. The number of thioether (sulfide) groups is 2. The molecular weight excluding hydrogens is 420 g/mol. The molecule has 8 heteroatoms. The van der Waals surface area contributed by atoms with Crippen molar-refractivity contribution >= 4 is 35.5 Å². The van der Waals surface area contributed by atoms with Crippen LogP contribution in [0.2, 0.25) is 0 Å². The molecule has 0 fully saturated rings. The molecule has 0 aliphatic carbocycles. The van der Waals surface area contributed by atoms with E-state index in [2.05, 4.69) is 10.2 Å². The highest BCUT2D eigenvalue weighted by molar-refractivity contribution is 7.99. The summed E-state index contributed by atoms with van der Waals surface area (Å²) in [4.78, 5) is 23.4. The lowest BCUT2D eigenvalue weighted by molar-refractivity contribution is -0.151. The summed E-state index contributed by atoms with van der Waals surface area (Å²) in [7, 11) is 2.87. The Kier molecular flexibility index (Phi) is 11.8. The average molecular weight is 457 g/mol. The van der Waals surface area contributed by atoms with Crippen molar-refractivity contribution in [3.63, 3.8) is 0 Å². The van der Waals surface area contributed by atoms with Crippen LogP contribution in [0, 0.1) is 10.8 Å². The van der Waals surface area contributed by atoms with Gasteiger partial charge in [-0.05, 0) is 77.0 Å². The zero-order chi connectivity index (χ0) is 22.6. The second-order valence-corrected chi connectivity index (χ2v) is 10.8. The third-order valence-electron chi connectivity index (χ3n) is 4.98. The highest BCUT2D eigenvalue weighted by atomic mass is 32.2. The molecule has 170 valence electrons. The van der Waals surface area contributed by atoms with Crippen LogP contribution in [-0.4, -0.2) is 47.9 Å². The number of esters is 2. The maximum atomic E-state index is 11.7. The number of carbonyl (C=O) groups excluding carboxylic acids is 2. The predicted octanol–water partition coefficient (Wildman–Crippen LogP) is 5.40. The summed E-state index contributed by atoms with van der Waals surface area (Å²) in [6.07, 6.45) is 5.62. The number of ether oxygens (including phenoxy) is 2. The van der Waals surface area contributed by atoms with Gasteiger partial charge in [0.15, 0.2) is 0 Å². The summed E-state index contributed by atoms with van der Waals surface area (Å²) in [5.41, 5.74) is -0.847. The molecule has 1 rings (SSSR count). The Morgan fingerprint density at radius 1 is 0.767 bits per heavy atom. The third-order valence-corrected chi connectivity index (χ3v) is 7.00. The van der Waals surface area contributed by atoms with Gasteiger partial charge in [-0.15, -0.1) is 33.7 Å². The van der Waals surface area contributed by atoms with E-state index in [1.165, 1.54) is 14.2 Å². The van der Waals surface area contributed by atoms with Crippen LogP contribution in [0.3, 0.4) is 0 Å². The maximum Gasteiger partial charge on any atom is 0.311 e. The normalized spacial score (nSPS) is 11.9. The lowest BCUT2D eigenvalue weighted by Crippen LogP contribution is -2.25. The molecule has 0 spiro atoms. The molecule has 0 saturated carbocycles. The van der Waals surface area contributed by atoms with Gasteiger partial charge in [0.05, 0.1) is 25.0 Å². The van der Waals surface area contributed by atoms with Crippen LogP contribution in [0.4, 0.5) is 0 Å². The molecule has 0 unspecified atom stereocenters. The first kappa shape index (κ1) is 26.8. The van der Waals surface area contributed by atoms with Crippen molar-refractivity contribution in [3.8, 4) is 0 Å². The highest BCUT2D eigenvalue weighted by Crippen LogP contribution is 2.28. The molecule has 1 heterocycles. The van der Waals surface area contributed by atoms with Crippen molar-refractivity contribution in [3.05, 3.63) is 12.1 Å². The largest absolute Gasteiger partial charge is 0.469 e. The molecule has 1 aromatic rings. The molecule has 30 heavy (non-hydrogen) atoms. The fourth-order valence-electron chi connectivity index (χ4n) is 2.91. The maximum absolute atomic E-state index is 11.7. The molecule has 0 aliphatic heterocycles. The van der Waals surface area contributed by atoms with Gasteiger partial charge >= 0.3 is 11.9 Å². The smallest absolute Gasteiger partial charge is 0.311 e. The Morgan fingerprint density at radius 2 is 1.13 bits per heavy atom. The number of aromatic nitrogens is 2. The van der Waals surface area contributed by atoms with Gasteiger partial charge in [-0.25, -0.2) is 0 Å². The molecule has 0 amide bonds. The molecule has 1 aromatic heterocycles.